The van der Waals surface area contributed by atoms with Crippen LogP contribution in [0.1, 0.15) is 33.1 Å². The van der Waals surface area contributed by atoms with Gasteiger partial charge < -0.3 is 5.41 Å². The van der Waals surface area contributed by atoms with Crippen LogP contribution < -0.4 is 0 Å². The van der Waals surface area contributed by atoms with Gasteiger partial charge in [0, 0.05) is 5.71 Å². The standard InChI is InChI=1S/C8H15N/c1-6-4-3-5-8(6)7(2)9/h6,8-9H,3-5H2,1-2H3/t6?,8-/m1/s1. The van der Waals surface area contributed by atoms with Crippen molar-refractivity contribution in [1.29, 1.82) is 5.41 Å². The first-order valence-corrected chi connectivity index (χ1v) is 3.77. The van der Waals surface area contributed by atoms with Crippen molar-refractivity contribution in [2.75, 3.05) is 0 Å². The normalized spacial score (nSPS) is 34.9. The van der Waals surface area contributed by atoms with Gasteiger partial charge in [0.05, 0.1) is 0 Å². The fourth-order valence-electron chi connectivity index (χ4n) is 1.79. The Bertz CT molecular complexity index is 118. The van der Waals surface area contributed by atoms with Crippen LogP contribution in [0, 0.1) is 17.2 Å². The third-order valence-corrected chi connectivity index (χ3v) is 2.42. The van der Waals surface area contributed by atoms with Crippen LogP contribution in [-0.2, 0) is 0 Å². The highest BCUT2D eigenvalue weighted by Gasteiger charge is 2.24. The molecule has 0 aliphatic heterocycles. The average Bonchev–Trinajstić information content (AvgIpc) is 2.13. The first-order chi connectivity index (χ1) is 4.22. The van der Waals surface area contributed by atoms with Gasteiger partial charge in [-0.05, 0) is 25.2 Å². The maximum Gasteiger partial charge on any atom is 0.00917 e. The molecule has 1 aliphatic carbocycles. The van der Waals surface area contributed by atoms with E-state index in [0.29, 0.717) is 5.92 Å². The Kier molecular flexibility index (Phi) is 1.89. The molecular weight excluding hydrogens is 110 g/mol. The molecule has 9 heavy (non-hydrogen) atoms. The van der Waals surface area contributed by atoms with Crippen molar-refractivity contribution in [1.82, 2.24) is 0 Å². The van der Waals surface area contributed by atoms with Crippen LogP contribution in [0.3, 0.4) is 0 Å². The summed E-state index contributed by atoms with van der Waals surface area (Å²) in [5.41, 5.74) is 0.889. The number of rotatable bonds is 1. The van der Waals surface area contributed by atoms with E-state index in [9.17, 15) is 0 Å². The van der Waals surface area contributed by atoms with E-state index in [1.165, 1.54) is 19.3 Å². The van der Waals surface area contributed by atoms with E-state index in [1.54, 1.807) is 0 Å². The summed E-state index contributed by atoms with van der Waals surface area (Å²) in [5.74, 6) is 1.40. The van der Waals surface area contributed by atoms with Crippen molar-refractivity contribution in [3.63, 3.8) is 0 Å². The minimum atomic E-state index is 0.616. The van der Waals surface area contributed by atoms with Gasteiger partial charge >= 0.3 is 0 Å². The Labute approximate surface area is 57.0 Å². The van der Waals surface area contributed by atoms with Gasteiger partial charge in [-0.15, -0.1) is 0 Å². The molecule has 0 radical (unpaired) electrons. The van der Waals surface area contributed by atoms with E-state index < -0.39 is 0 Å². The molecule has 0 aromatic heterocycles. The Morgan fingerprint density at radius 3 is 2.33 bits per heavy atom. The van der Waals surface area contributed by atoms with Crippen molar-refractivity contribution in [2.24, 2.45) is 11.8 Å². The first-order valence-electron chi connectivity index (χ1n) is 3.77. The average molecular weight is 125 g/mol. The lowest BCUT2D eigenvalue weighted by Crippen LogP contribution is -2.12. The van der Waals surface area contributed by atoms with E-state index in [-0.39, 0.29) is 0 Å². The molecule has 1 rings (SSSR count). The van der Waals surface area contributed by atoms with Gasteiger partial charge in [0.25, 0.3) is 0 Å². The minimum absolute atomic E-state index is 0.616. The van der Waals surface area contributed by atoms with E-state index in [0.717, 1.165) is 11.6 Å². The lowest BCUT2D eigenvalue weighted by atomic mass is 9.94. The third-order valence-electron chi connectivity index (χ3n) is 2.42. The van der Waals surface area contributed by atoms with Crippen molar-refractivity contribution in [2.45, 2.75) is 33.1 Å². The maximum atomic E-state index is 7.42. The Morgan fingerprint density at radius 1 is 1.44 bits per heavy atom. The van der Waals surface area contributed by atoms with Crippen LogP contribution in [0.2, 0.25) is 0 Å². The van der Waals surface area contributed by atoms with Gasteiger partial charge in [0.2, 0.25) is 0 Å². The van der Waals surface area contributed by atoms with Gasteiger partial charge in [0.1, 0.15) is 0 Å². The SMILES string of the molecule is CC(=N)[C@@H]1CCCC1C. The maximum absolute atomic E-state index is 7.42. The van der Waals surface area contributed by atoms with E-state index in [4.69, 9.17) is 5.41 Å². The molecule has 1 N–H and O–H groups in total. The second-order valence-corrected chi connectivity index (χ2v) is 3.20. The molecule has 0 bridgehead atoms. The topological polar surface area (TPSA) is 23.9 Å². The van der Waals surface area contributed by atoms with E-state index in [1.807, 2.05) is 6.92 Å². The third kappa shape index (κ3) is 1.32. The lowest BCUT2D eigenvalue weighted by Gasteiger charge is -2.12. The predicted molar refractivity (Wildman–Crippen MR) is 39.9 cm³/mol. The molecule has 0 amide bonds. The van der Waals surface area contributed by atoms with Crippen LogP contribution in [0.25, 0.3) is 0 Å². The molecule has 1 saturated carbocycles. The molecule has 0 spiro atoms. The molecule has 0 heterocycles. The monoisotopic (exact) mass is 125 g/mol. The van der Waals surface area contributed by atoms with Crippen molar-refractivity contribution in [3.8, 4) is 0 Å². The molecule has 1 unspecified atom stereocenters. The van der Waals surface area contributed by atoms with Crippen LogP contribution >= 0.6 is 0 Å². The van der Waals surface area contributed by atoms with Crippen LogP contribution in [0.4, 0.5) is 0 Å². The highest BCUT2D eigenvalue weighted by molar-refractivity contribution is 5.81. The molecule has 52 valence electrons. The van der Waals surface area contributed by atoms with E-state index >= 15 is 0 Å². The fraction of sp³-hybridized carbons (Fsp3) is 0.875. The summed E-state index contributed by atoms with van der Waals surface area (Å²) in [6.45, 7) is 4.20. The summed E-state index contributed by atoms with van der Waals surface area (Å²) >= 11 is 0. The first kappa shape index (κ1) is 6.79. The minimum Gasteiger partial charge on any atom is -0.310 e. The highest BCUT2D eigenvalue weighted by atomic mass is 14.5. The molecule has 1 heteroatoms. The van der Waals surface area contributed by atoms with E-state index in [2.05, 4.69) is 6.92 Å². The van der Waals surface area contributed by atoms with Gasteiger partial charge in [0.15, 0.2) is 0 Å². The van der Waals surface area contributed by atoms with Gasteiger partial charge in [-0.1, -0.05) is 19.8 Å². The number of nitrogens with one attached hydrogen (secondary N) is 1. The van der Waals surface area contributed by atoms with Gasteiger partial charge in [-0.25, -0.2) is 0 Å². The zero-order chi connectivity index (χ0) is 6.85. The quantitative estimate of drug-likeness (QED) is 0.520. The van der Waals surface area contributed by atoms with Crippen LogP contribution in [0.5, 0.6) is 0 Å². The second-order valence-electron chi connectivity index (χ2n) is 3.20. The van der Waals surface area contributed by atoms with Crippen LogP contribution in [-0.4, -0.2) is 5.71 Å². The summed E-state index contributed by atoms with van der Waals surface area (Å²) < 4.78 is 0. The van der Waals surface area contributed by atoms with Crippen molar-refractivity contribution < 1.29 is 0 Å². The van der Waals surface area contributed by atoms with Crippen molar-refractivity contribution in [3.05, 3.63) is 0 Å². The molecule has 0 aromatic rings. The predicted octanol–water partition coefficient (Wildman–Crippen LogP) is 2.46. The molecule has 1 nitrogen and oxygen atoms in total. The fourth-order valence-corrected chi connectivity index (χ4v) is 1.79. The summed E-state index contributed by atoms with van der Waals surface area (Å²) in [5, 5.41) is 7.42. The highest BCUT2D eigenvalue weighted by Crippen LogP contribution is 2.31. The molecule has 2 atom stereocenters. The Hall–Kier alpha value is -0.330. The largest absolute Gasteiger partial charge is 0.310 e. The second kappa shape index (κ2) is 2.51. The molecule has 0 aromatic carbocycles. The summed E-state index contributed by atoms with van der Waals surface area (Å²) in [7, 11) is 0. The van der Waals surface area contributed by atoms with Crippen molar-refractivity contribution >= 4 is 5.71 Å². The van der Waals surface area contributed by atoms with Gasteiger partial charge in [-0.2, -0.15) is 0 Å². The van der Waals surface area contributed by atoms with Crippen LogP contribution in [0.15, 0.2) is 0 Å². The molecule has 1 aliphatic rings. The number of hydrogen-bond donors (Lipinski definition) is 1. The molecule has 1 fully saturated rings. The molecule has 0 saturated heterocycles. The summed E-state index contributed by atoms with van der Waals surface area (Å²) in [4.78, 5) is 0. The summed E-state index contributed by atoms with van der Waals surface area (Å²) in [6.07, 6.45) is 3.93. The zero-order valence-electron chi connectivity index (χ0n) is 6.28. The van der Waals surface area contributed by atoms with Gasteiger partial charge in [-0.3, -0.25) is 0 Å². The lowest BCUT2D eigenvalue weighted by molar-refractivity contribution is 0.527. The zero-order valence-corrected chi connectivity index (χ0v) is 6.28. The Morgan fingerprint density at radius 2 is 2.11 bits per heavy atom. The number of hydrogen-bond acceptors (Lipinski definition) is 1. The molecular formula is C8H15N. The summed E-state index contributed by atoms with van der Waals surface area (Å²) in [6, 6.07) is 0. The smallest absolute Gasteiger partial charge is 0.00917 e. The Balaban J connectivity index is 2.49.